The second-order valence-corrected chi connectivity index (χ2v) is 12.2. The highest BCUT2D eigenvalue weighted by Crippen LogP contribution is 2.29. The number of nitrogens with one attached hydrogen (secondary N) is 1. The van der Waals surface area contributed by atoms with Crippen LogP contribution < -0.4 is 11.1 Å². The summed E-state index contributed by atoms with van der Waals surface area (Å²) in [5.74, 6) is -0.0538. The topological polar surface area (TPSA) is 87.9 Å². The number of carbonyl (C=O) groups is 2. The molecule has 1 aromatic carbocycles. The van der Waals surface area contributed by atoms with Crippen molar-refractivity contribution in [2.24, 2.45) is 5.73 Å². The van der Waals surface area contributed by atoms with Crippen molar-refractivity contribution in [1.29, 1.82) is 0 Å². The number of piperidine rings is 1. The highest BCUT2D eigenvalue weighted by atomic mass is 32.1. The lowest BCUT2D eigenvalue weighted by molar-refractivity contribution is -0.128. The molecule has 7 nitrogen and oxygen atoms in total. The first kappa shape index (κ1) is 27.3. The summed E-state index contributed by atoms with van der Waals surface area (Å²) in [6, 6.07) is 12.4. The van der Waals surface area contributed by atoms with Gasteiger partial charge in [0.2, 0.25) is 5.91 Å². The van der Waals surface area contributed by atoms with Gasteiger partial charge in [-0.05, 0) is 80.9 Å². The van der Waals surface area contributed by atoms with Crippen LogP contribution in [0.4, 0.5) is 0 Å². The number of nitrogens with zero attached hydrogens (tertiary/aromatic N) is 2. The van der Waals surface area contributed by atoms with Gasteiger partial charge in [-0.2, -0.15) is 0 Å². The molecule has 2 amide bonds. The van der Waals surface area contributed by atoms with Gasteiger partial charge in [0, 0.05) is 44.4 Å². The lowest BCUT2D eigenvalue weighted by Crippen LogP contribution is -2.59. The minimum atomic E-state index is -0.484. The van der Waals surface area contributed by atoms with Crippen molar-refractivity contribution in [3.63, 3.8) is 0 Å². The van der Waals surface area contributed by atoms with E-state index in [9.17, 15) is 9.59 Å². The summed E-state index contributed by atoms with van der Waals surface area (Å²) in [4.78, 5) is 32.3. The van der Waals surface area contributed by atoms with Gasteiger partial charge in [0.25, 0.3) is 5.91 Å². The molecular weight excluding hydrogens is 496 g/mol. The van der Waals surface area contributed by atoms with Gasteiger partial charge in [-0.25, -0.2) is 0 Å². The van der Waals surface area contributed by atoms with Gasteiger partial charge in [-0.1, -0.05) is 30.3 Å². The molecule has 0 bridgehead atoms. The number of rotatable bonds is 8. The average Bonchev–Trinajstić information content (AvgIpc) is 3.65. The summed E-state index contributed by atoms with van der Waals surface area (Å²) in [7, 11) is 0. The van der Waals surface area contributed by atoms with Gasteiger partial charge in [0.15, 0.2) is 0 Å². The Kier molecular flexibility index (Phi) is 9.15. The number of benzene rings is 1. The zero-order chi connectivity index (χ0) is 26.5. The molecule has 1 saturated carbocycles. The molecule has 2 aliphatic heterocycles. The van der Waals surface area contributed by atoms with Crippen LogP contribution in [-0.2, 0) is 16.1 Å². The molecule has 1 aromatic heterocycles. The summed E-state index contributed by atoms with van der Waals surface area (Å²) in [5, 5.41) is 5.22. The van der Waals surface area contributed by atoms with Gasteiger partial charge in [0.1, 0.15) is 6.04 Å². The van der Waals surface area contributed by atoms with Crippen molar-refractivity contribution in [1.82, 2.24) is 15.1 Å². The van der Waals surface area contributed by atoms with Crippen molar-refractivity contribution >= 4 is 23.2 Å². The van der Waals surface area contributed by atoms with Crippen molar-refractivity contribution in [2.45, 2.75) is 95.1 Å². The molecule has 3 N–H and O–H groups in total. The molecule has 2 saturated heterocycles. The number of thiophene rings is 1. The molecule has 0 radical (unpaired) electrons. The standard InChI is InChI=1S/C30H42N4O3S/c1-21-6-2-3-7-22(21)19-33(20-26-8-4-16-37-26)25-14-15-34(30(36)28-9-5-17-38-28)27(18-25)29(35)32-24-12-10-23(31)11-13-24/h2-3,5-7,9,17,23-27H,4,8,10-16,18-20,31H2,1H3,(H,32,35)/t23?,24?,25?,26?,27-/m1/s1. The van der Waals surface area contributed by atoms with Crippen LogP contribution in [0.2, 0.25) is 0 Å². The first-order chi connectivity index (χ1) is 18.5. The first-order valence-electron chi connectivity index (χ1n) is 14.3. The van der Waals surface area contributed by atoms with Gasteiger partial charge < -0.3 is 20.7 Å². The monoisotopic (exact) mass is 538 g/mol. The molecule has 8 heteroatoms. The number of nitrogens with two attached hydrogens (primary N) is 1. The van der Waals surface area contributed by atoms with E-state index in [0.717, 1.165) is 64.6 Å². The Bertz CT molecular complexity index is 1060. The normalized spacial score (nSPS) is 28.0. The third-order valence-electron chi connectivity index (χ3n) is 8.60. The Morgan fingerprint density at radius 3 is 2.63 bits per heavy atom. The van der Waals surface area contributed by atoms with Gasteiger partial charge >= 0.3 is 0 Å². The van der Waals surface area contributed by atoms with E-state index in [-0.39, 0.29) is 36.0 Å². The summed E-state index contributed by atoms with van der Waals surface area (Å²) >= 11 is 1.44. The second kappa shape index (κ2) is 12.7. The number of likely N-dealkylation sites (tertiary alicyclic amines) is 1. The molecule has 206 valence electrons. The number of aryl methyl sites for hydroxylation is 1. The number of ether oxygens (including phenoxy) is 1. The Morgan fingerprint density at radius 1 is 1.11 bits per heavy atom. The molecule has 3 atom stereocenters. The van der Waals surface area contributed by atoms with Crippen LogP contribution in [0, 0.1) is 6.92 Å². The maximum atomic E-state index is 13.8. The highest BCUT2D eigenvalue weighted by Gasteiger charge is 2.40. The van der Waals surface area contributed by atoms with Crippen molar-refractivity contribution < 1.29 is 14.3 Å². The predicted octanol–water partition coefficient (Wildman–Crippen LogP) is 4.10. The van der Waals surface area contributed by atoms with Crippen LogP contribution in [0.1, 0.15) is 72.2 Å². The summed E-state index contributed by atoms with van der Waals surface area (Å²) in [5.41, 5.74) is 8.68. The van der Waals surface area contributed by atoms with E-state index in [1.54, 1.807) is 0 Å². The Balaban J connectivity index is 1.36. The second-order valence-electron chi connectivity index (χ2n) is 11.3. The Morgan fingerprint density at radius 2 is 1.92 bits per heavy atom. The van der Waals surface area contributed by atoms with E-state index < -0.39 is 6.04 Å². The molecule has 3 aliphatic rings. The molecule has 3 heterocycles. The number of hydrogen-bond donors (Lipinski definition) is 2. The maximum Gasteiger partial charge on any atom is 0.264 e. The number of carbonyl (C=O) groups excluding carboxylic acids is 2. The van der Waals surface area contributed by atoms with Gasteiger partial charge in [-0.15, -0.1) is 11.3 Å². The lowest BCUT2D eigenvalue weighted by Gasteiger charge is -2.44. The predicted molar refractivity (Wildman–Crippen MR) is 151 cm³/mol. The highest BCUT2D eigenvalue weighted by molar-refractivity contribution is 7.12. The fourth-order valence-electron chi connectivity index (χ4n) is 6.27. The molecule has 2 aromatic rings. The van der Waals surface area contributed by atoms with E-state index in [1.807, 2.05) is 22.4 Å². The fourth-order valence-corrected chi connectivity index (χ4v) is 6.95. The lowest BCUT2D eigenvalue weighted by atomic mass is 9.90. The minimum Gasteiger partial charge on any atom is -0.377 e. The third-order valence-corrected chi connectivity index (χ3v) is 9.46. The van der Waals surface area contributed by atoms with Gasteiger partial charge in [-0.3, -0.25) is 14.5 Å². The van der Waals surface area contributed by atoms with Crippen molar-refractivity contribution in [3.8, 4) is 0 Å². The minimum absolute atomic E-state index is 0.0203. The zero-order valence-electron chi connectivity index (χ0n) is 22.5. The Hall–Kier alpha value is -2.26. The number of hydrogen-bond acceptors (Lipinski definition) is 6. The molecule has 2 unspecified atom stereocenters. The SMILES string of the molecule is Cc1ccccc1CN(CC1CCCO1)C1CCN(C(=O)c2cccs2)[C@@H](C(=O)NC2CCC(N)CC2)C1. The number of amides is 2. The smallest absolute Gasteiger partial charge is 0.264 e. The summed E-state index contributed by atoms with van der Waals surface area (Å²) in [6.07, 6.45) is 7.55. The molecule has 5 rings (SSSR count). The molecule has 3 fully saturated rings. The van der Waals surface area contributed by atoms with Crippen molar-refractivity contribution in [3.05, 3.63) is 57.8 Å². The average molecular weight is 539 g/mol. The van der Waals surface area contributed by atoms with E-state index in [1.165, 1.54) is 22.5 Å². The van der Waals surface area contributed by atoms with E-state index in [0.29, 0.717) is 17.8 Å². The largest absolute Gasteiger partial charge is 0.377 e. The van der Waals surface area contributed by atoms with Crippen LogP contribution in [0.5, 0.6) is 0 Å². The molecule has 1 aliphatic carbocycles. The fraction of sp³-hybridized carbons (Fsp3) is 0.600. The maximum absolute atomic E-state index is 13.8. The summed E-state index contributed by atoms with van der Waals surface area (Å²) < 4.78 is 6.04. The van der Waals surface area contributed by atoms with E-state index >= 15 is 0 Å². The van der Waals surface area contributed by atoms with Crippen LogP contribution in [0.15, 0.2) is 41.8 Å². The first-order valence-corrected chi connectivity index (χ1v) is 15.2. The third kappa shape index (κ3) is 6.65. The quantitative estimate of drug-likeness (QED) is 0.529. The summed E-state index contributed by atoms with van der Waals surface area (Å²) in [6.45, 7) is 5.24. The van der Waals surface area contributed by atoms with Crippen molar-refractivity contribution in [2.75, 3.05) is 19.7 Å². The Labute approximate surface area is 230 Å². The van der Waals surface area contributed by atoms with E-state index in [2.05, 4.69) is 41.4 Å². The van der Waals surface area contributed by atoms with Crippen LogP contribution in [-0.4, -0.2) is 71.6 Å². The molecule has 0 spiro atoms. The zero-order valence-corrected chi connectivity index (χ0v) is 23.3. The van der Waals surface area contributed by atoms with Gasteiger partial charge in [0.05, 0.1) is 11.0 Å². The molecule has 38 heavy (non-hydrogen) atoms. The van der Waals surface area contributed by atoms with Crippen LogP contribution in [0.3, 0.4) is 0 Å². The molecular formula is C30H42N4O3S. The van der Waals surface area contributed by atoms with Crippen LogP contribution >= 0.6 is 11.3 Å². The van der Waals surface area contributed by atoms with E-state index in [4.69, 9.17) is 10.5 Å². The van der Waals surface area contributed by atoms with Crippen LogP contribution in [0.25, 0.3) is 0 Å².